The van der Waals surface area contributed by atoms with Crippen LogP contribution in [-0.2, 0) is 26.2 Å². The molecule has 632 valence electrons. The molecule has 0 bridgehead atoms. The molecule has 0 saturated carbocycles. The van der Waals surface area contributed by atoms with Crippen LogP contribution in [0.2, 0.25) is 0 Å². The molecule has 36 nitrogen and oxygen atoms in total. The average molecular weight is 1640 g/mol. The number of rotatable bonds is 32. The second kappa shape index (κ2) is 37.8. The van der Waals surface area contributed by atoms with E-state index in [-0.39, 0.29) is 39.4 Å². The zero-order chi connectivity index (χ0) is 85.1. The first kappa shape index (κ1) is 85.7. The first-order valence-corrected chi connectivity index (χ1v) is 40.9. The molecular weight excluding hydrogens is 1530 g/mol. The van der Waals surface area contributed by atoms with Gasteiger partial charge in [-0.1, -0.05) is 55.4 Å². The summed E-state index contributed by atoms with van der Waals surface area (Å²) in [6.45, 7) is 23.8. The maximum Gasteiger partial charge on any atom is 0.102 e. The van der Waals surface area contributed by atoms with Crippen LogP contribution in [0.5, 0.6) is 0 Å². The van der Waals surface area contributed by atoms with Gasteiger partial charge in [0.25, 0.3) is 0 Å². The predicted octanol–water partition coefficient (Wildman–Crippen LogP) is 10.2. The fourth-order valence-electron chi connectivity index (χ4n) is 14.1. The summed E-state index contributed by atoms with van der Waals surface area (Å²) >= 11 is 0. The molecule has 16 aromatic heterocycles. The Balaban J connectivity index is 0.000000138. The Bertz CT molecular complexity index is 5590. The van der Waals surface area contributed by atoms with Gasteiger partial charge in [-0.25, -0.2) is 38.0 Å². The van der Waals surface area contributed by atoms with Crippen LogP contribution in [0.15, 0.2) is 173 Å². The van der Waals surface area contributed by atoms with Gasteiger partial charge in [0.1, 0.15) is 12.2 Å². The average Bonchev–Trinajstić information content (AvgIpc) is 1.40. The Morgan fingerprint density at radius 1 is 0.283 bits per heavy atom. The lowest BCUT2D eigenvalue weighted by molar-refractivity contribution is -0.0566. The summed E-state index contributed by atoms with van der Waals surface area (Å²) in [6, 6.07) is 9.18. The molecule has 4 atom stereocenters. The van der Waals surface area contributed by atoms with Crippen LogP contribution >= 0.6 is 0 Å². The third-order valence-electron chi connectivity index (χ3n) is 21.6. The van der Waals surface area contributed by atoms with Gasteiger partial charge in [-0.3, -0.25) is 37.5 Å². The number of hydrogen-bond acceptors (Lipinski definition) is 24. The normalized spacial score (nSPS) is 13.1. The van der Waals surface area contributed by atoms with E-state index in [0.29, 0.717) is 35.6 Å². The van der Waals surface area contributed by atoms with Gasteiger partial charge < -0.3 is 40.9 Å². The molecule has 8 N–H and O–H groups in total. The van der Waals surface area contributed by atoms with Crippen molar-refractivity contribution < 1.29 is 40.9 Å². The first-order valence-electron chi connectivity index (χ1n) is 40.9. The number of nitrogens with zero attached hydrogens (tertiary/aromatic N) is 28. The van der Waals surface area contributed by atoms with E-state index < -0.39 is 35.6 Å². The summed E-state index contributed by atoms with van der Waals surface area (Å²) in [6.07, 6.45) is 48.5. The Labute approximate surface area is 693 Å². The highest BCUT2D eigenvalue weighted by atomic mass is 16.3. The molecule has 0 amide bonds. The van der Waals surface area contributed by atoms with E-state index in [1.807, 2.05) is 130 Å². The minimum Gasteiger partial charge on any atom is -0.394 e. The molecule has 36 heteroatoms. The van der Waals surface area contributed by atoms with E-state index in [0.717, 1.165) is 152 Å². The number of hydrogen-bond donors (Lipinski definition) is 8. The highest BCUT2D eigenvalue weighted by molar-refractivity contribution is 5.81. The quantitative estimate of drug-likeness (QED) is 0.0194. The number of aliphatic hydroxyl groups is 8. The van der Waals surface area contributed by atoms with Crippen molar-refractivity contribution in [2.75, 3.05) is 13.2 Å². The monoisotopic (exact) mass is 1640 g/mol. The van der Waals surface area contributed by atoms with E-state index in [4.69, 9.17) is 30.1 Å². The van der Waals surface area contributed by atoms with Gasteiger partial charge in [0.05, 0.1) is 254 Å². The van der Waals surface area contributed by atoms with Crippen molar-refractivity contribution in [1.82, 2.24) is 137 Å². The molecule has 0 aliphatic rings. The van der Waals surface area contributed by atoms with E-state index in [2.05, 4.69) is 117 Å². The van der Waals surface area contributed by atoms with Crippen molar-refractivity contribution in [3.05, 3.63) is 173 Å². The summed E-state index contributed by atoms with van der Waals surface area (Å²) in [5, 5.41) is 131. The van der Waals surface area contributed by atoms with Crippen molar-refractivity contribution in [1.29, 1.82) is 0 Å². The summed E-state index contributed by atoms with van der Waals surface area (Å²) in [5.74, 6) is 0. The molecule has 16 aromatic rings. The highest BCUT2D eigenvalue weighted by Gasteiger charge is 2.28. The first-order chi connectivity index (χ1) is 57.8. The lowest BCUT2D eigenvalue weighted by Crippen LogP contribution is -2.39. The van der Waals surface area contributed by atoms with Crippen molar-refractivity contribution >= 4 is 22.1 Å². The maximum atomic E-state index is 10.2. The topological polar surface area (TPSA) is 425 Å². The zero-order valence-electron chi connectivity index (χ0n) is 69.8. The molecule has 120 heavy (non-hydrogen) atoms. The molecule has 0 radical (unpaired) electrons. The molecule has 0 spiro atoms. The summed E-state index contributed by atoms with van der Waals surface area (Å²) in [5.41, 5.74) is 14.2. The SMILES string of the molecule is CCC(CC)n1cc(-c2nc(-c3cnn(C[C@@H](O)C(C)(C)O)c3)cn3nccc23)cn1.CCC(CC)n1cc(-c2nc(-c3cnn(C[C@@H](O)CO)c3)cn3nccc23)cn1.CCC(CC)n1cc(-c2nc(-c3cnn(C[C@H](O)C(C)(C)O)c3)cn3nccc23)cn1.CCC(CC)n1cc(-c2nc(-c3cnn(C[C@H](O)CO)c3)cn3nccc23)cn1. The fourth-order valence-corrected chi connectivity index (χ4v) is 14.1. The Morgan fingerprint density at radius 2 is 0.500 bits per heavy atom. The van der Waals surface area contributed by atoms with Gasteiger partial charge in [0.2, 0.25) is 0 Å². The lowest BCUT2D eigenvalue weighted by atomic mass is 10.0. The van der Waals surface area contributed by atoms with E-state index >= 15 is 0 Å². The fraction of sp³-hybridized carbons (Fsp3) is 0.429. The molecule has 0 aromatic carbocycles. The largest absolute Gasteiger partial charge is 0.394 e. The van der Waals surface area contributed by atoms with E-state index in [1.54, 1.807) is 126 Å². The number of fused-ring (bicyclic) bond motifs is 4. The number of aliphatic hydroxyl groups excluding tert-OH is 6. The van der Waals surface area contributed by atoms with Gasteiger partial charge in [-0.15, -0.1) is 0 Å². The molecule has 16 heterocycles. The maximum absolute atomic E-state index is 10.2. The lowest BCUT2D eigenvalue weighted by Gasteiger charge is -2.24. The number of aromatic nitrogens is 28. The predicted molar refractivity (Wildman–Crippen MR) is 451 cm³/mol. The summed E-state index contributed by atoms with van der Waals surface area (Å²) in [7, 11) is 0. The smallest absolute Gasteiger partial charge is 0.102 e. The Morgan fingerprint density at radius 3 is 0.708 bits per heavy atom. The second-order valence-corrected chi connectivity index (χ2v) is 31.1. The molecule has 16 rings (SSSR count). The summed E-state index contributed by atoms with van der Waals surface area (Å²) in [4.78, 5) is 19.5. The van der Waals surface area contributed by atoms with Gasteiger partial charge in [0, 0.05) is 94.1 Å². The van der Waals surface area contributed by atoms with Crippen LogP contribution in [0.25, 0.3) is 112 Å². The van der Waals surface area contributed by atoms with Crippen LogP contribution in [0.1, 0.15) is 159 Å². The third-order valence-corrected chi connectivity index (χ3v) is 21.6. The van der Waals surface area contributed by atoms with Crippen LogP contribution in [0, 0.1) is 0 Å². The highest BCUT2D eigenvalue weighted by Crippen LogP contribution is 2.34. The molecule has 0 unspecified atom stereocenters. The van der Waals surface area contributed by atoms with Crippen LogP contribution in [-0.4, -0.2) is 226 Å². The Kier molecular flexibility index (Phi) is 27.0. The second-order valence-electron chi connectivity index (χ2n) is 31.1. The van der Waals surface area contributed by atoms with E-state index in [9.17, 15) is 30.6 Å². The third kappa shape index (κ3) is 19.6. The zero-order valence-corrected chi connectivity index (χ0v) is 69.8. The molecule has 0 aliphatic carbocycles. The molecule has 0 saturated heterocycles. The van der Waals surface area contributed by atoms with Crippen LogP contribution in [0.4, 0.5) is 0 Å². The van der Waals surface area contributed by atoms with Crippen molar-refractivity contribution in [2.45, 2.75) is 220 Å². The van der Waals surface area contributed by atoms with Crippen LogP contribution < -0.4 is 0 Å². The molecule has 0 aliphatic heterocycles. The van der Waals surface area contributed by atoms with E-state index in [1.165, 1.54) is 0 Å². The van der Waals surface area contributed by atoms with Gasteiger partial charge in [-0.05, 0) is 103 Å². The van der Waals surface area contributed by atoms with Gasteiger partial charge >= 0.3 is 0 Å². The van der Waals surface area contributed by atoms with Crippen molar-refractivity contribution in [3.63, 3.8) is 0 Å². The van der Waals surface area contributed by atoms with Gasteiger partial charge in [-0.2, -0.15) is 61.2 Å². The Hall–Kier alpha value is -12.2. The van der Waals surface area contributed by atoms with Crippen LogP contribution in [0.3, 0.4) is 0 Å². The van der Waals surface area contributed by atoms with Crippen molar-refractivity contribution in [2.24, 2.45) is 0 Å². The minimum absolute atomic E-state index is 0.183. The molecule has 0 fully saturated rings. The molecular formula is C84H108N28O8. The van der Waals surface area contributed by atoms with Crippen molar-refractivity contribution in [3.8, 4) is 90.1 Å². The standard InChI is InChI=1S/2C22H29N7O2.2C20H25N7O2/c2*1-5-17(6-2)28-12-16(10-25-28)21-19-7-8-23-29(19)13-18(26-21)15-9-24-27(11-15)14-20(30)22(3,4)31;2*1-3-16(4-2)26-10-15(8-23-26)20-19-5-6-21-27(19)12-18(24-20)14-7-22-25(9-14)11-17(29)13-28/h2*7-13,17,20,30-31H,5-6,14H2,1-4H3;2*5-10,12,16-17,28-29H,3-4,11,13H2,1-2H3/t2*20-;2*17-/m1010/s1. The van der Waals surface area contributed by atoms with Gasteiger partial charge in [0.15, 0.2) is 0 Å². The summed E-state index contributed by atoms with van der Waals surface area (Å²) < 4.78 is 21.6. The minimum atomic E-state index is -1.21.